The second-order valence-electron chi connectivity index (χ2n) is 7.48. The standard InChI is InChI=1S/C23H23N5O3/c1-3-31-18-8-7-15(13-19(18)30-2)21-20-16(5-4-6-17(20)29)25-23-26-22(27-28(21)23)14-9-11-24-12-10-14/h7-13,21H,3-6H2,1-2H3,(H,25,26,27). The zero-order chi connectivity index (χ0) is 21.4. The summed E-state index contributed by atoms with van der Waals surface area (Å²) in [7, 11) is 1.61. The Balaban J connectivity index is 1.66. The SMILES string of the molecule is CCOc1ccc(C2C3=C(CCCC3=O)Nc3nc(-c4ccncc4)nn32)cc1OC. The molecule has 2 aromatic heterocycles. The van der Waals surface area contributed by atoms with Crippen LogP contribution in [0.4, 0.5) is 5.95 Å². The van der Waals surface area contributed by atoms with Crippen LogP contribution in [0.2, 0.25) is 0 Å². The average Bonchev–Trinajstić information content (AvgIpc) is 3.23. The molecule has 0 spiro atoms. The van der Waals surface area contributed by atoms with E-state index in [1.54, 1.807) is 24.2 Å². The number of nitrogens with zero attached hydrogens (tertiary/aromatic N) is 4. The number of hydrogen-bond acceptors (Lipinski definition) is 7. The highest BCUT2D eigenvalue weighted by Crippen LogP contribution is 2.42. The zero-order valence-electron chi connectivity index (χ0n) is 17.5. The molecular weight excluding hydrogens is 394 g/mol. The third-order valence-electron chi connectivity index (χ3n) is 5.61. The maximum atomic E-state index is 13.0. The summed E-state index contributed by atoms with van der Waals surface area (Å²) in [5.41, 5.74) is 3.44. The highest BCUT2D eigenvalue weighted by atomic mass is 16.5. The van der Waals surface area contributed by atoms with Gasteiger partial charge in [-0.25, -0.2) is 4.68 Å². The van der Waals surface area contributed by atoms with Gasteiger partial charge in [-0.05, 0) is 49.6 Å². The second kappa shape index (κ2) is 7.86. The first kappa shape index (κ1) is 19.3. The van der Waals surface area contributed by atoms with Crippen LogP contribution in [0.3, 0.4) is 0 Å². The lowest BCUT2D eigenvalue weighted by Crippen LogP contribution is -2.31. The summed E-state index contributed by atoms with van der Waals surface area (Å²) < 4.78 is 13.0. The van der Waals surface area contributed by atoms with Crippen LogP contribution in [-0.4, -0.2) is 39.2 Å². The summed E-state index contributed by atoms with van der Waals surface area (Å²) in [6.45, 7) is 2.47. The van der Waals surface area contributed by atoms with Gasteiger partial charge < -0.3 is 14.8 Å². The number of hydrogen-bond donors (Lipinski definition) is 1. The third kappa shape index (κ3) is 3.34. The van der Waals surface area contributed by atoms with Gasteiger partial charge in [0.1, 0.15) is 6.04 Å². The van der Waals surface area contributed by atoms with Crippen molar-refractivity contribution >= 4 is 11.7 Å². The summed E-state index contributed by atoms with van der Waals surface area (Å²) in [6.07, 6.45) is 5.60. The van der Waals surface area contributed by atoms with Gasteiger partial charge in [0.25, 0.3) is 0 Å². The second-order valence-corrected chi connectivity index (χ2v) is 7.48. The Hall–Kier alpha value is -3.68. The van der Waals surface area contributed by atoms with Crippen molar-refractivity contribution in [3.63, 3.8) is 0 Å². The topological polar surface area (TPSA) is 91.2 Å². The number of anilines is 1. The first-order valence-corrected chi connectivity index (χ1v) is 10.4. The molecule has 1 atom stereocenters. The number of carbonyl (C=O) groups is 1. The lowest BCUT2D eigenvalue weighted by molar-refractivity contribution is -0.116. The first-order valence-electron chi connectivity index (χ1n) is 10.4. The molecule has 1 aromatic carbocycles. The van der Waals surface area contributed by atoms with Crippen molar-refractivity contribution in [3.8, 4) is 22.9 Å². The van der Waals surface area contributed by atoms with E-state index in [1.165, 1.54) is 0 Å². The van der Waals surface area contributed by atoms with Crippen molar-refractivity contribution in [2.45, 2.75) is 32.2 Å². The molecule has 1 aliphatic carbocycles. The van der Waals surface area contributed by atoms with Gasteiger partial charge in [-0.2, -0.15) is 4.98 Å². The molecule has 1 aliphatic heterocycles. The molecule has 1 unspecified atom stereocenters. The Kier molecular flexibility index (Phi) is 4.89. The minimum atomic E-state index is -0.383. The van der Waals surface area contributed by atoms with Gasteiger partial charge in [0.05, 0.1) is 13.7 Å². The lowest BCUT2D eigenvalue weighted by Gasteiger charge is -2.32. The number of carbonyl (C=O) groups excluding carboxylic acids is 1. The van der Waals surface area contributed by atoms with Crippen LogP contribution < -0.4 is 14.8 Å². The molecule has 8 nitrogen and oxygen atoms in total. The Morgan fingerprint density at radius 1 is 1.16 bits per heavy atom. The van der Waals surface area contributed by atoms with Crippen LogP contribution in [0.5, 0.6) is 11.5 Å². The molecule has 2 aliphatic rings. The van der Waals surface area contributed by atoms with Gasteiger partial charge in [0.15, 0.2) is 23.1 Å². The number of ether oxygens (including phenoxy) is 2. The normalized spacial score (nSPS) is 17.6. The fourth-order valence-electron chi connectivity index (χ4n) is 4.22. The predicted octanol–water partition coefficient (Wildman–Crippen LogP) is 3.77. The van der Waals surface area contributed by atoms with Crippen LogP contribution >= 0.6 is 0 Å². The Labute approximate surface area is 179 Å². The summed E-state index contributed by atoms with van der Waals surface area (Å²) in [5, 5.41) is 8.13. The molecule has 158 valence electrons. The number of nitrogens with one attached hydrogen (secondary N) is 1. The van der Waals surface area contributed by atoms with E-state index in [4.69, 9.17) is 19.6 Å². The Morgan fingerprint density at radius 2 is 2.00 bits per heavy atom. The monoisotopic (exact) mass is 417 g/mol. The smallest absolute Gasteiger partial charge is 0.226 e. The molecule has 8 heteroatoms. The van der Waals surface area contributed by atoms with Crippen LogP contribution in [0.1, 0.15) is 37.8 Å². The highest BCUT2D eigenvalue weighted by Gasteiger charge is 2.37. The highest BCUT2D eigenvalue weighted by molar-refractivity contribution is 5.99. The number of ketones is 1. The van der Waals surface area contributed by atoms with E-state index in [9.17, 15) is 4.79 Å². The number of pyridine rings is 1. The molecule has 31 heavy (non-hydrogen) atoms. The number of aromatic nitrogens is 4. The van der Waals surface area contributed by atoms with Crippen LogP contribution in [0, 0.1) is 0 Å². The van der Waals surface area contributed by atoms with E-state index in [-0.39, 0.29) is 11.8 Å². The zero-order valence-corrected chi connectivity index (χ0v) is 17.5. The molecular formula is C23H23N5O3. The molecule has 1 N–H and O–H groups in total. The minimum absolute atomic E-state index is 0.137. The van der Waals surface area contributed by atoms with Crippen LogP contribution in [0.15, 0.2) is 54.0 Å². The summed E-state index contributed by atoms with van der Waals surface area (Å²) in [4.78, 5) is 21.8. The average molecular weight is 417 g/mol. The van der Waals surface area contributed by atoms with Crippen molar-refractivity contribution in [2.24, 2.45) is 0 Å². The number of allylic oxidation sites excluding steroid dienone is 2. The molecule has 5 rings (SSSR count). The minimum Gasteiger partial charge on any atom is -0.493 e. The fourth-order valence-corrected chi connectivity index (χ4v) is 4.22. The van der Waals surface area contributed by atoms with E-state index in [0.29, 0.717) is 36.3 Å². The van der Waals surface area contributed by atoms with Crippen molar-refractivity contribution in [1.82, 2.24) is 19.7 Å². The number of benzene rings is 1. The number of methoxy groups -OCH3 is 1. The van der Waals surface area contributed by atoms with Crippen molar-refractivity contribution in [2.75, 3.05) is 19.0 Å². The van der Waals surface area contributed by atoms with E-state index < -0.39 is 0 Å². The molecule has 3 aromatic rings. The lowest BCUT2D eigenvalue weighted by atomic mass is 9.85. The van der Waals surface area contributed by atoms with Gasteiger partial charge in [-0.15, -0.1) is 5.10 Å². The molecule has 3 heterocycles. The van der Waals surface area contributed by atoms with E-state index in [0.717, 1.165) is 35.2 Å². The molecule has 0 amide bonds. The maximum Gasteiger partial charge on any atom is 0.226 e. The number of rotatable bonds is 5. The summed E-state index contributed by atoms with van der Waals surface area (Å²) in [6, 6.07) is 9.13. The fraction of sp³-hybridized carbons (Fsp3) is 0.304. The maximum absolute atomic E-state index is 13.0. The predicted molar refractivity (Wildman–Crippen MR) is 115 cm³/mol. The summed E-state index contributed by atoms with van der Waals surface area (Å²) in [5.74, 6) is 2.64. The van der Waals surface area contributed by atoms with Gasteiger partial charge in [-0.1, -0.05) is 6.07 Å². The van der Waals surface area contributed by atoms with Gasteiger partial charge in [0, 0.05) is 35.6 Å². The quantitative estimate of drug-likeness (QED) is 0.676. The summed E-state index contributed by atoms with van der Waals surface area (Å²) >= 11 is 0. The largest absolute Gasteiger partial charge is 0.493 e. The third-order valence-corrected chi connectivity index (χ3v) is 5.61. The van der Waals surface area contributed by atoms with Gasteiger partial charge >= 0.3 is 0 Å². The number of Topliss-reactive ketones (excluding diaryl/α,β-unsaturated/α-hetero) is 1. The van der Waals surface area contributed by atoms with Gasteiger partial charge in [-0.3, -0.25) is 9.78 Å². The van der Waals surface area contributed by atoms with Crippen molar-refractivity contribution < 1.29 is 14.3 Å². The Morgan fingerprint density at radius 3 is 2.77 bits per heavy atom. The van der Waals surface area contributed by atoms with Gasteiger partial charge in [0.2, 0.25) is 5.95 Å². The number of fused-ring (bicyclic) bond motifs is 1. The molecule has 0 fully saturated rings. The van der Waals surface area contributed by atoms with E-state index >= 15 is 0 Å². The van der Waals surface area contributed by atoms with E-state index in [1.807, 2.05) is 37.3 Å². The first-order chi connectivity index (χ1) is 15.2. The van der Waals surface area contributed by atoms with Crippen molar-refractivity contribution in [3.05, 3.63) is 59.6 Å². The van der Waals surface area contributed by atoms with E-state index in [2.05, 4.69) is 10.3 Å². The van der Waals surface area contributed by atoms with Crippen LogP contribution in [-0.2, 0) is 4.79 Å². The molecule has 0 saturated carbocycles. The molecule has 0 radical (unpaired) electrons. The van der Waals surface area contributed by atoms with Crippen molar-refractivity contribution in [1.29, 1.82) is 0 Å². The molecule has 0 bridgehead atoms. The van der Waals surface area contributed by atoms with Crippen LogP contribution in [0.25, 0.3) is 11.4 Å². The Bertz CT molecular complexity index is 1170. The molecule has 0 saturated heterocycles.